The fourth-order valence-corrected chi connectivity index (χ4v) is 1.89. The molecule has 2 amide bonds. The number of nitrogens with zero attached hydrogens (tertiary/aromatic N) is 2. The van der Waals surface area contributed by atoms with Gasteiger partial charge in [0.25, 0.3) is 5.91 Å². The lowest BCUT2D eigenvalue weighted by Gasteiger charge is -2.07. The van der Waals surface area contributed by atoms with E-state index in [0.29, 0.717) is 11.1 Å². The number of aromatic nitrogens is 1. The topological polar surface area (TPSA) is 102 Å². The molecule has 0 radical (unpaired) electrons. The smallest absolute Gasteiger partial charge is 0.358 e. The molecule has 0 spiro atoms. The quantitative estimate of drug-likeness (QED) is 0.493. The first-order chi connectivity index (χ1) is 9.88. The van der Waals surface area contributed by atoms with Crippen LogP contribution in [0.25, 0.3) is 0 Å². The second-order valence-electron chi connectivity index (χ2n) is 4.84. The Labute approximate surface area is 122 Å². The van der Waals surface area contributed by atoms with Crippen molar-refractivity contribution in [3.05, 3.63) is 33.0 Å². The van der Waals surface area contributed by atoms with Crippen LogP contribution in [0, 0.1) is 24.0 Å². The molecular weight excluding hydrogens is 274 g/mol. The van der Waals surface area contributed by atoms with E-state index in [2.05, 4.69) is 10.3 Å². The molecule has 0 bridgehead atoms. The zero-order valence-electron chi connectivity index (χ0n) is 12.4. The monoisotopic (exact) mass is 293 g/mol. The predicted octanol–water partition coefficient (Wildman–Crippen LogP) is 2.44. The van der Waals surface area contributed by atoms with Crippen LogP contribution in [0.2, 0.25) is 0 Å². The Kier molecular flexibility index (Phi) is 5.95. The fourth-order valence-electron chi connectivity index (χ4n) is 1.89. The van der Waals surface area contributed by atoms with Gasteiger partial charge in [0.1, 0.15) is 0 Å². The number of amides is 2. The number of hydrogen-bond acceptors (Lipinski definition) is 5. The van der Waals surface area contributed by atoms with E-state index in [1.165, 1.54) is 6.92 Å². The SMILES string of the molecule is CCCCCC(=O)NC(=O)c1cnc([N+](=O)[O-])c(C)c1C. The van der Waals surface area contributed by atoms with Crippen LogP contribution in [-0.4, -0.2) is 21.7 Å². The number of pyridine rings is 1. The van der Waals surface area contributed by atoms with Crippen molar-refractivity contribution in [3.63, 3.8) is 0 Å². The van der Waals surface area contributed by atoms with Crippen molar-refractivity contribution in [2.45, 2.75) is 46.5 Å². The maximum Gasteiger partial charge on any atom is 0.366 e. The largest absolute Gasteiger partial charge is 0.366 e. The van der Waals surface area contributed by atoms with Crippen molar-refractivity contribution in [1.29, 1.82) is 0 Å². The molecule has 7 heteroatoms. The third-order valence-electron chi connectivity index (χ3n) is 3.30. The van der Waals surface area contributed by atoms with Gasteiger partial charge in [-0.15, -0.1) is 0 Å². The van der Waals surface area contributed by atoms with Gasteiger partial charge in [-0.3, -0.25) is 14.9 Å². The Balaban J connectivity index is 2.82. The van der Waals surface area contributed by atoms with Crippen LogP contribution < -0.4 is 5.32 Å². The Morgan fingerprint density at radius 3 is 2.52 bits per heavy atom. The van der Waals surface area contributed by atoms with Crippen LogP contribution in [-0.2, 0) is 4.79 Å². The number of nitrogens with one attached hydrogen (secondary N) is 1. The highest BCUT2D eigenvalue weighted by Gasteiger charge is 2.21. The summed E-state index contributed by atoms with van der Waals surface area (Å²) in [4.78, 5) is 37.5. The van der Waals surface area contributed by atoms with E-state index in [4.69, 9.17) is 0 Å². The number of carbonyl (C=O) groups excluding carboxylic acids is 2. The molecule has 0 saturated carbocycles. The van der Waals surface area contributed by atoms with Gasteiger partial charge in [-0.2, -0.15) is 0 Å². The zero-order chi connectivity index (χ0) is 16.0. The van der Waals surface area contributed by atoms with Crippen LogP contribution in [0.3, 0.4) is 0 Å². The summed E-state index contributed by atoms with van der Waals surface area (Å²) in [6.07, 6.45) is 4.07. The lowest BCUT2D eigenvalue weighted by Crippen LogP contribution is -2.31. The number of rotatable bonds is 6. The third-order valence-corrected chi connectivity index (χ3v) is 3.30. The molecule has 0 aliphatic carbocycles. The average Bonchev–Trinajstić information content (AvgIpc) is 2.41. The lowest BCUT2D eigenvalue weighted by atomic mass is 10.1. The van der Waals surface area contributed by atoms with Crippen LogP contribution in [0.4, 0.5) is 5.82 Å². The van der Waals surface area contributed by atoms with Gasteiger partial charge in [-0.05, 0) is 35.7 Å². The lowest BCUT2D eigenvalue weighted by molar-refractivity contribution is -0.390. The van der Waals surface area contributed by atoms with Crippen molar-refractivity contribution in [1.82, 2.24) is 10.3 Å². The number of carbonyl (C=O) groups is 2. The van der Waals surface area contributed by atoms with Crippen LogP contribution in [0.5, 0.6) is 0 Å². The summed E-state index contributed by atoms with van der Waals surface area (Å²) in [5.74, 6) is -1.19. The molecule has 7 nitrogen and oxygen atoms in total. The van der Waals surface area contributed by atoms with Gasteiger partial charge in [-0.25, -0.2) is 0 Å². The average molecular weight is 293 g/mol. The van der Waals surface area contributed by atoms with Crippen LogP contribution in [0.15, 0.2) is 6.20 Å². The van der Waals surface area contributed by atoms with Gasteiger partial charge in [0, 0.05) is 6.42 Å². The van der Waals surface area contributed by atoms with E-state index in [1.807, 2.05) is 6.92 Å². The molecule has 0 aliphatic heterocycles. The van der Waals surface area contributed by atoms with Gasteiger partial charge in [0.05, 0.1) is 11.1 Å². The summed E-state index contributed by atoms with van der Waals surface area (Å²) in [7, 11) is 0. The Morgan fingerprint density at radius 2 is 1.95 bits per heavy atom. The van der Waals surface area contributed by atoms with Crippen molar-refractivity contribution >= 4 is 17.6 Å². The Bertz CT molecular complexity index is 570. The van der Waals surface area contributed by atoms with Crippen LogP contribution >= 0.6 is 0 Å². The summed E-state index contributed by atoms with van der Waals surface area (Å²) in [6, 6.07) is 0. The van der Waals surface area contributed by atoms with E-state index in [1.54, 1.807) is 6.92 Å². The standard InChI is InChI=1S/C14H19N3O4/c1-4-5-6-7-12(18)16-14(19)11-8-15-13(17(20)21)10(3)9(11)2/h8H,4-7H2,1-3H3,(H,16,18,19). The molecular formula is C14H19N3O4. The molecule has 21 heavy (non-hydrogen) atoms. The number of nitro groups is 1. The molecule has 1 aromatic rings. The molecule has 0 atom stereocenters. The normalized spacial score (nSPS) is 10.2. The summed E-state index contributed by atoms with van der Waals surface area (Å²) >= 11 is 0. The van der Waals surface area contributed by atoms with Gasteiger partial charge < -0.3 is 10.1 Å². The molecule has 0 fully saturated rings. The summed E-state index contributed by atoms with van der Waals surface area (Å²) in [5.41, 5.74) is 0.962. The molecule has 0 unspecified atom stereocenters. The molecule has 114 valence electrons. The highest BCUT2D eigenvalue weighted by atomic mass is 16.6. The van der Waals surface area contributed by atoms with Gasteiger partial charge in [0.15, 0.2) is 6.20 Å². The second-order valence-corrected chi connectivity index (χ2v) is 4.84. The summed E-state index contributed by atoms with van der Waals surface area (Å²) in [5, 5.41) is 13.1. The molecule has 1 rings (SSSR count). The highest BCUT2D eigenvalue weighted by molar-refractivity contribution is 6.05. The van der Waals surface area contributed by atoms with Crippen molar-refractivity contribution in [2.75, 3.05) is 0 Å². The molecule has 0 saturated heterocycles. The van der Waals surface area contributed by atoms with Gasteiger partial charge in [-0.1, -0.05) is 19.8 Å². The first-order valence-corrected chi connectivity index (χ1v) is 6.83. The van der Waals surface area contributed by atoms with Gasteiger partial charge in [0.2, 0.25) is 5.91 Å². The van der Waals surface area contributed by atoms with Gasteiger partial charge >= 0.3 is 5.82 Å². The summed E-state index contributed by atoms with van der Waals surface area (Å²) in [6.45, 7) is 5.15. The minimum Gasteiger partial charge on any atom is -0.358 e. The second kappa shape index (κ2) is 7.47. The minimum absolute atomic E-state index is 0.182. The molecule has 0 aliphatic rings. The van der Waals surface area contributed by atoms with Crippen molar-refractivity contribution < 1.29 is 14.5 Å². The Morgan fingerprint density at radius 1 is 1.29 bits per heavy atom. The molecule has 1 N–H and O–H groups in total. The first-order valence-electron chi connectivity index (χ1n) is 6.83. The molecule has 1 aromatic heterocycles. The zero-order valence-corrected chi connectivity index (χ0v) is 12.4. The van der Waals surface area contributed by atoms with E-state index in [-0.39, 0.29) is 23.7 Å². The van der Waals surface area contributed by atoms with E-state index in [0.717, 1.165) is 25.5 Å². The maximum absolute atomic E-state index is 12.0. The number of unbranched alkanes of at least 4 members (excludes halogenated alkanes) is 2. The maximum atomic E-state index is 12.0. The highest BCUT2D eigenvalue weighted by Crippen LogP contribution is 2.20. The third kappa shape index (κ3) is 4.34. The van der Waals surface area contributed by atoms with E-state index >= 15 is 0 Å². The minimum atomic E-state index is -0.597. The van der Waals surface area contributed by atoms with Crippen molar-refractivity contribution in [3.8, 4) is 0 Å². The molecule has 1 heterocycles. The fraction of sp³-hybridized carbons (Fsp3) is 0.500. The summed E-state index contributed by atoms with van der Waals surface area (Å²) < 4.78 is 0. The van der Waals surface area contributed by atoms with E-state index < -0.39 is 10.8 Å². The Hall–Kier alpha value is -2.31. The van der Waals surface area contributed by atoms with E-state index in [9.17, 15) is 19.7 Å². The first kappa shape index (κ1) is 16.7. The molecule has 0 aromatic carbocycles. The predicted molar refractivity (Wildman–Crippen MR) is 77.0 cm³/mol. The number of imide groups is 1. The van der Waals surface area contributed by atoms with Crippen molar-refractivity contribution in [2.24, 2.45) is 0 Å². The number of hydrogen-bond donors (Lipinski definition) is 1. The van der Waals surface area contributed by atoms with Crippen LogP contribution in [0.1, 0.15) is 54.1 Å².